The molecule has 1 unspecified atom stereocenters. The molecule has 2 heterocycles. The van der Waals surface area contributed by atoms with Crippen molar-refractivity contribution in [1.29, 1.82) is 0 Å². The van der Waals surface area contributed by atoms with E-state index in [1.165, 1.54) is 0 Å². The molecule has 2 aliphatic heterocycles. The highest BCUT2D eigenvalue weighted by Gasteiger charge is 2.36. The summed E-state index contributed by atoms with van der Waals surface area (Å²) in [6.45, 7) is 2.53. The quantitative estimate of drug-likeness (QED) is 0.576. The molecule has 2 rings (SSSR count). The fourth-order valence-corrected chi connectivity index (χ4v) is 1.76. The largest absolute Gasteiger partial charge is 0.458 e. The molecule has 1 saturated heterocycles. The topological polar surface area (TPSA) is 18.5 Å². The van der Waals surface area contributed by atoms with Crippen LogP contribution in [0.1, 0.15) is 26.2 Å². The fourth-order valence-electron chi connectivity index (χ4n) is 1.76. The molecule has 0 aromatic rings. The zero-order valence-corrected chi connectivity index (χ0v) is 9.38. The Morgan fingerprint density at radius 2 is 2.31 bits per heavy atom. The molecule has 16 heavy (non-hydrogen) atoms. The zero-order valence-electron chi connectivity index (χ0n) is 9.38. The predicted octanol–water partition coefficient (Wildman–Crippen LogP) is 2.38. The first-order chi connectivity index (χ1) is 7.85. The first-order valence-corrected chi connectivity index (χ1v) is 5.49. The van der Waals surface area contributed by atoms with Crippen molar-refractivity contribution in [2.24, 2.45) is 0 Å². The molecule has 0 N–H and O–H groups in total. The average molecular weight is 214 g/mol. The molecule has 0 aliphatic carbocycles. The standard InChI is InChI=1S/C14H14O2/c1-2-3-4-5-8-13-9-11-14(16-13)10-6-7-12-15-14/h8-9,11H,6-7,10,12H2,1H3/b13-8+. The highest BCUT2D eigenvalue weighted by atomic mass is 16.7. The molecular formula is C14H14O2. The molecule has 0 amide bonds. The van der Waals surface area contributed by atoms with Crippen LogP contribution in [-0.2, 0) is 9.47 Å². The van der Waals surface area contributed by atoms with E-state index in [4.69, 9.17) is 9.47 Å². The van der Waals surface area contributed by atoms with Crippen molar-refractivity contribution < 1.29 is 9.47 Å². The molecule has 1 fully saturated rings. The summed E-state index contributed by atoms with van der Waals surface area (Å²) in [4.78, 5) is 0. The van der Waals surface area contributed by atoms with Crippen molar-refractivity contribution in [2.45, 2.75) is 32.0 Å². The Kier molecular flexibility index (Phi) is 3.34. The van der Waals surface area contributed by atoms with Gasteiger partial charge in [0.15, 0.2) is 0 Å². The molecule has 1 spiro atoms. The third kappa shape index (κ3) is 2.48. The molecule has 2 heteroatoms. The van der Waals surface area contributed by atoms with Gasteiger partial charge in [0.2, 0.25) is 5.79 Å². The van der Waals surface area contributed by atoms with Crippen LogP contribution in [0.4, 0.5) is 0 Å². The second kappa shape index (κ2) is 4.92. The van der Waals surface area contributed by atoms with Gasteiger partial charge in [-0.3, -0.25) is 0 Å². The minimum absolute atomic E-state index is 0.512. The Hall–Kier alpha value is -1.64. The van der Waals surface area contributed by atoms with Crippen LogP contribution >= 0.6 is 0 Å². The van der Waals surface area contributed by atoms with Crippen LogP contribution in [0, 0.1) is 23.7 Å². The molecule has 0 bridgehead atoms. The summed E-state index contributed by atoms with van der Waals surface area (Å²) < 4.78 is 11.4. The third-order valence-corrected chi connectivity index (χ3v) is 2.53. The zero-order chi connectivity index (χ0) is 11.3. The third-order valence-electron chi connectivity index (χ3n) is 2.53. The molecule has 0 aromatic carbocycles. The van der Waals surface area contributed by atoms with Gasteiger partial charge in [0.05, 0.1) is 6.61 Å². The fraction of sp³-hybridized carbons (Fsp3) is 0.429. The van der Waals surface area contributed by atoms with Crippen LogP contribution in [0.15, 0.2) is 24.0 Å². The number of hydrogen-bond donors (Lipinski definition) is 0. The van der Waals surface area contributed by atoms with Crippen LogP contribution in [-0.4, -0.2) is 12.4 Å². The summed E-state index contributed by atoms with van der Waals surface area (Å²) >= 11 is 0. The molecular weight excluding hydrogens is 200 g/mol. The molecule has 2 nitrogen and oxygen atoms in total. The second-order valence-electron chi connectivity index (χ2n) is 3.74. The van der Waals surface area contributed by atoms with Crippen molar-refractivity contribution in [3.63, 3.8) is 0 Å². The first kappa shape index (κ1) is 10.9. The second-order valence-corrected chi connectivity index (χ2v) is 3.74. The lowest BCUT2D eigenvalue weighted by molar-refractivity contribution is -0.191. The van der Waals surface area contributed by atoms with Crippen molar-refractivity contribution >= 4 is 0 Å². The van der Waals surface area contributed by atoms with Crippen LogP contribution in [0.3, 0.4) is 0 Å². The smallest absolute Gasteiger partial charge is 0.230 e. The van der Waals surface area contributed by atoms with E-state index < -0.39 is 5.79 Å². The van der Waals surface area contributed by atoms with Gasteiger partial charge in [0.25, 0.3) is 0 Å². The Balaban J connectivity index is 2.00. The van der Waals surface area contributed by atoms with Gasteiger partial charge >= 0.3 is 0 Å². The van der Waals surface area contributed by atoms with E-state index in [2.05, 4.69) is 23.7 Å². The van der Waals surface area contributed by atoms with Crippen molar-refractivity contribution in [1.82, 2.24) is 0 Å². The highest BCUT2D eigenvalue weighted by molar-refractivity contribution is 5.35. The van der Waals surface area contributed by atoms with Gasteiger partial charge in [-0.2, -0.15) is 0 Å². The van der Waals surface area contributed by atoms with Gasteiger partial charge in [-0.05, 0) is 43.8 Å². The van der Waals surface area contributed by atoms with E-state index in [0.717, 1.165) is 31.6 Å². The van der Waals surface area contributed by atoms with Gasteiger partial charge in [-0.15, -0.1) is 0 Å². The maximum Gasteiger partial charge on any atom is 0.230 e. The first-order valence-electron chi connectivity index (χ1n) is 5.49. The lowest BCUT2D eigenvalue weighted by Gasteiger charge is -2.31. The highest BCUT2D eigenvalue weighted by Crippen LogP contribution is 2.34. The SMILES string of the molecule is CC#CC#C/C=C1\C=CC2(CCCCO2)O1. The summed E-state index contributed by atoms with van der Waals surface area (Å²) in [5, 5.41) is 0. The van der Waals surface area contributed by atoms with Gasteiger partial charge in [-0.25, -0.2) is 0 Å². The minimum atomic E-state index is -0.512. The van der Waals surface area contributed by atoms with Gasteiger partial charge in [0, 0.05) is 12.5 Å². The molecule has 0 radical (unpaired) electrons. The van der Waals surface area contributed by atoms with Crippen LogP contribution in [0.5, 0.6) is 0 Å². The normalized spacial score (nSPS) is 29.2. The summed E-state index contributed by atoms with van der Waals surface area (Å²) in [5.41, 5.74) is 0. The maximum absolute atomic E-state index is 5.75. The van der Waals surface area contributed by atoms with Gasteiger partial charge in [0.1, 0.15) is 5.76 Å². The Morgan fingerprint density at radius 1 is 1.38 bits per heavy atom. The number of ether oxygens (including phenoxy) is 2. The van der Waals surface area contributed by atoms with E-state index in [1.54, 1.807) is 13.0 Å². The molecule has 82 valence electrons. The van der Waals surface area contributed by atoms with Crippen LogP contribution in [0.2, 0.25) is 0 Å². The Labute approximate surface area is 96.3 Å². The van der Waals surface area contributed by atoms with Gasteiger partial charge < -0.3 is 9.47 Å². The average Bonchev–Trinajstić information content (AvgIpc) is 2.69. The van der Waals surface area contributed by atoms with E-state index in [1.807, 2.05) is 12.2 Å². The number of hydrogen-bond acceptors (Lipinski definition) is 2. The van der Waals surface area contributed by atoms with Crippen molar-refractivity contribution in [3.8, 4) is 23.7 Å². The summed E-state index contributed by atoms with van der Waals surface area (Å²) in [6, 6.07) is 0. The van der Waals surface area contributed by atoms with E-state index in [9.17, 15) is 0 Å². The molecule has 0 saturated carbocycles. The summed E-state index contributed by atoms with van der Waals surface area (Å²) in [7, 11) is 0. The Morgan fingerprint density at radius 3 is 3.06 bits per heavy atom. The lowest BCUT2D eigenvalue weighted by Crippen LogP contribution is -2.34. The minimum Gasteiger partial charge on any atom is -0.458 e. The Bertz CT molecular complexity index is 429. The van der Waals surface area contributed by atoms with Crippen molar-refractivity contribution in [3.05, 3.63) is 24.0 Å². The van der Waals surface area contributed by atoms with E-state index in [-0.39, 0.29) is 0 Å². The lowest BCUT2D eigenvalue weighted by atomic mass is 10.1. The van der Waals surface area contributed by atoms with E-state index in [0.29, 0.717) is 0 Å². The monoisotopic (exact) mass is 214 g/mol. The maximum atomic E-state index is 5.75. The molecule has 2 aliphatic rings. The van der Waals surface area contributed by atoms with Crippen molar-refractivity contribution in [2.75, 3.05) is 6.61 Å². The van der Waals surface area contributed by atoms with Crippen LogP contribution < -0.4 is 0 Å². The number of allylic oxidation sites excluding steroid dienone is 2. The summed E-state index contributed by atoms with van der Waals surface area (Å²) in [5.74, 6) is 11.2. The van der Waals surface area contributed by atoms with Crippen LogP contribution in [0.25, 0.3) is 0 Å². The molecule has 1 atom stereocenters. The molecule has 0 aromatic heterocycles. The van der Waals surface area contributed by atoms with E-state index >= 15 is 0 Å². The summed E-state index contributed by atoms with van der Waals surface area (Å²) in [6.07, 6.45) is 8.80. The number of rotatable bonds is 0. The predicted molar refractivity (Wildman–Crippen MR) is 62.1 cm³/mol. The van der Waals surface area contributed by atoms with Gasteiger partial charge in [-0.1, -0.05) is 11.8 Å².